The Morgan fingerprint density at radius 2 is 2.19 bits per heavy atom. The largest absolute Gasteiger partial charge is 0.465 e. The molecule has 0 saturated heterocycles. The number of thiazole rings is 1. The van der Waals surface area contributed by atoms with Crippen LogP contribution in [-0.4, -0.2) is 36.1 Å². The maximum atomic E-state index is 11.5. The van der Waals surface area contributed by atoms with E-state index in [9.17, 15) is 4.79 Å². The minimum atomic E-state index is -0.321. The Hall–Kier alpha value is -1.98. The molecule has 0 radical (unpaired) electrons. The highest BCUT2D eigenvalue weighted by molar-refractivity contribution is 7.14. The molecule has 0 saturated carbocycles. The number of carbonyl (C=O) groups excluding carboxylic acids is 1. The summed E-state index contributed by atoms with van der Waals surface area (Å²) in [6.07, 6.45) is 3.77. The van der Waals surface area contributed by atoms with E-state index in [1.807, 2.05) is 6.07 Å². The Morgan fingerprint density at radius 3 is 2.95 bits per heavy atom. The summed E-state index contributed by atoms with van der Waals surface area (Å²) >= 11 is 1.39. The molecule has 1 aliphatic rings. The average Bonchev–Trinajstić information content (AvgIpc) is 3.16. The first-order chi connectivity index (χ1) is 10.3. The summed E-state index contributed by atoms with van der Waals surface area (Å²) in [5.74, 6) is -0.321. The van der Waals surface area contributed by atoms with E-state index in [0.29, 0.717) is 4.88 Å². The molecule has 0 aliphatic carbocycles. The van der Waals surface area contributed by atoms with E-state index < -0.39 is 0 Å². The van der Waals surface area contributed by atoms with Crippen molar-refractivity contribution < 1.29 is 9.53 Å². The van der Waals surface area contributed by atoms with Gasteiger partial charge in [-0.2, -0.15) is 0 Å². The normalized spacial score (nSPS) is 15.0. The van der Waals surface area contributed by atoms with Gasteiger partial charge in [-0.3, -0.25) is 4.90 Å². The maximum absolute atomic E-state index is 11.5. The molecule has 108 valence electrons. The fourth-order valence-electron chi connectivity index (χ4n) is 2.34. The molecule has 21 heavy (non-hydrogen) atoms. The highest BCUT2D eigenvalue weighted by Crippen LogP contribution is 2.26. The van der Waals surface area contributed by atoms with Gasteiger partial charge in [-0.25, -0.2) is 9.78 Å². The number of esters is 1. The second kappa shape index (κ2) is 6.20. The van der Waals surface area contributed by atoms with Crippen LogP contribution in [0, 0.1) is 0 Å². The molecule has 0 fully saturated rings. The molecule has 1 aromatic heterocycles. The molecule has 0 N–H and O–H groups in total. The minimum Gasteiger partial charge on any atom is -0.465 e. The molecule has 0 atom stereocenters. The third-order valence-electron chi connectivity index (χ3n) is 3.41. The summed E-state index contributed by atoms with van der Waals surface area (Å²) in [6.45, 7) is 2.70. The lowest BCUT2D eigenvalue weighted by atomic mass is 10.2. The van der Waals surface area contributed by atoms with Gasteiger partial charge in [0.05, 0.1) is 13.3 Å². The van der Waals surface area contributed by atoms with Crippen LogP contribution < -0.4 is 0 Å². The van der Waals surface area contributed by atoms with Crippen molar-refractivity contribution in [3.05, 3.63) is 58.1 Å². The SMILES string of the molecule is COC(=O)c1cnc(C2=CCN(Cc3ccccc3)C2)s1. The van der Waals surface area contributed by atoms with Gasteiger partial charge >= 0.3 is 5.97 Å². The number of hydrogen-bond donors (Lipinski definition) is 0. The Labute approximate surface area is 127 Å². The lowest BCUT2D eigenvalue weighted by molar-refractivity contribution is 0.0606. The summed E-state index contributed by atoms with van der Waals surface area (Å²) in [4.78, 5) is 18.7. The molecule has 2 aromatic rings. The predicted molar refractivity (Wildman–Crippen MR) is 83.1 cm³/mol. The molecule has 0 bridgehead atoms. The van der Waals surface area contributed by atoms with Crippen molar-refractivity contribution in [3.63, 3.8) is 0 Å². The minimum absolute atomic E-state index is 0.321. The van der Waals surface area contributed by atoms with E-state index in [1.165, 1.54) is 29.6 Å². The molecule has 4 nitrogen and oxygen atoms in total. The van der Waals surface area contributed by atoms with Crippen LogP contribution in [0.1, 0.15) is 20.2 Å². The van der Waals surface area contributed by atoms with E-state index in [1.54, 1.807) is 6.20 Å². The van der Waals surface area contributed by atoms with Crippen LogP contribution in [0.5, 0.6) is 0 Å². The van der Waals surface area contributed by atoms with E-state index in [2.05, 4.69) is 40.2 Å². The van der Waals surface area contributed by atoms with Crippen LogP contribution in [0.3, 0.4) is 0 Å². The van der Waals surface area contributed by atoms with Gasteiger partial charge in [-0.15, -0.1) is 11.3 Å². The molecule has 5 heteroatoms. The Morgan fingerprint density at radius 1 is 1.38 bits per heavy atom. The van der Waals surface area contributed by atoms with Gasteiger partial charge in [0.1, 0.15) is 9.88 Å². The van der Waals surface area contributed by atoms with Crippen molar-refractivity contribution in [2.24, 2.45) is 0 Å². The quantitative estimate of drug-likeness (QED) is 0.814. The fraction of sp³-hybridized carbons (Fsp3) is 0.250. The van der Waals surface area contributed by atoms with Crippen molar-refractivity contribution in [1.82, 2.24) is 9.88 Å². The van der Waals surface area contributed by atoms with Gasteiger partial charge in [0, 0.05) is 19.6 Å². The van der Waals surface area contributed by atoms with Crippen molar-refractivity contribution in [1.29, 1.82) is 0 Å². The molecule has 1 aliphatic heterocycles. The van der Waals surface area contributed by atoms with Crippen LogP contribution in [0.2, 0.25) is 0 Å². The van der Waals surface area contributed by atoms with Crippen molar-refractivity contribution in [3.8, 4) is 0 Å². The third-order valence-corrected chi connectivity index (χ3v) is 4.46. The third kappa shape index (κ3) is 3.20. The number of benzene rings is 1. The molecule has 0 spiro atoms. The molecular weight excluding hydrogens is 284 g/mol. The standard InChI is InChI=1S/C16H16N2O2S/c1-20-16(19)14-9-17-15(21-14)13-7-8-18(11-13)10-12-5-3-2-4-6-12/h2-7,9H,8,10-11H2,1H3. The van der Waals surface area contributed by atoms with Crippen LogP contribution in [-0.2, 0) is 11.3 Å². The Balaban J connectivity index is 1.64. The second-order valence-corrected chi connectivity index (χ2v) is 5.94. The van der Waals surface area contributed by atoms with Crippen molar-refractivity contribution in [2.75, 3.05) is 20.2 Å². The Kier molecular flexibility index (Phi) is 4.13. The van der Waals surface area contributed by atoms with E-state index in [0.717, 1.165) is 24.6 Å². The van der Waals surface area contributed by atoms with Crippen LogP contribution in [0.15, 0.2) is 42.6 Å². The van der Waals surface area contributed by atoms with E-state index in [-0.39, 0.29) is 5.97 Å². The molecular formula is C16H16N2O2S. The monoisotopic (exact) mass is 300 g/mol. The van der Waals surface area contributed by atoms with Gasteiger partial charge in [0.25, 0.3) is 0 Å². The first kappa shape index (κ1) is 14.0. The van der Waals surface area contributed by atoms with Crippen molar-refractivity contribution in [2.45, 2.75) is 6.54 Å². The first-order valence-corrected chi connectivity index (χ1v) is 7.58. The lowest BCUT2D eigenvalue weighted by Gasteiger charge is -2.15. The highest BCUT2D eigenvalue weighted by Gasteiger charge is 2.19. The van der Waals surface area contributed by atoms with E-state index in [4.69, 9.17) is 4.74 Å². The number of ether oxygens (including phenoxy) is 1. The number of rotatable bonds is 4. The zero-order chi connectivity index (χ0) is 14.7. The predicted octanol–water partition coefficient (Wildman–Crippen LogP) is 2.83. The molecule has 1 aromatic carbocycles. The van der Waals surface area contributed by atoms with Gasteiger partial charge < -0.3 is 4.74 Å². The van der Waals surface area contributed by atoms with Gasteiger partial charge in [0.2, 0.25) is 0 Å². The molecule has 0 amide bonds. The smallest absolute Gasteiger partial charge is 0.349 e. The van der Waals surface area contributed by atoms with Gasteiger partial charge in [-0.1, -0.05) is 36.4 Å². The summed E-state index contributed by atoms with van der Waals surface area (Å²) in [5.41, 5.74) is 2.49. The van der Waals surface area contributed by atoms with Crippen LogP contribution in [0.4, 0.5) is 0 Å². The molecule has 3 rings (SSSR count). The van der Waals surface area contributed by atoms with Crippen molar-refractivity contribution >= 4 is 22.9 Å². The number of hydrogen-bond acceptors (Lipinski definition) is 5. The van der Waals surface area contributed by atoms with Gasteiger partial charge in [-0.05, 0) is 11.1 Å². The highest BCUT2D eigenvalue weighted by atomic mass is 32.1. The molecule has 0 unspecified atom stereocenters. The number of nitrogens with zero attached hydrogens (tertiary/aromatic N) is 2. The number of aromatic nitrogens is 1. The van der Waals surface area contributed by atoms with Crippen LogP contribution in [0.25, 0.3) is 5.57 Å². The zero-order valence-corrected chi connectivity index (χ0v) is 12.6. The summed E-state index contributed by atoms with van der Waals surface area (Å²) in [7, 11) is 1.39. The number of methoxy groups -OCH3 is 1. The zero-order valence-electron chi connectivity index (χ0n) is 11.8. The second-order valence-electron chi connectivity index (χ2n) is 4.91. The van der Waals surface area contributed by atoms with E-state index >= 15 is 0 Å². The van der Waals surface area contributed by atoms with Crippen LogP contribution >= 0.6 is 11.3 Å². The summed E-state index contributed by atoms with van der Waals surface area (Å²) < 4.78 is 4.71. The fourth-order valence-corrected chi connectivity index (χ4v) is 3.21. The topological polar surface area (TPSA) is 42.4 Å². The Bertz CT molecular complexity index is 664. The lowest BCUT2D eigenvalue weighted by Crippen LogP contribution is -2.19. The average molecular weight is 300 g/mol. The van der Waals surface area contributed by atoms with Gasteiger partial charge in [0.15, 0.2) is 0 Å². The first-order valence-electron chi connectivity index (χ1n) is 6.76. The maximum Gasteiger partial charge on any atom is 0.349 e. The summed E-state index contributed by atoms with van der Waals surface area (Å²) in [6, 6.07) is 10.4. The number of carbonyl (C=O) groups is 1. The summed E-state index contributed by atoms with van der Waals surface area (Å²) in [5, 5.41) is 0.908. The molecule has 2 heterocycles.